The monoisotopic (exact) mass is 104 g/mol. The van der Waals surface area contributed by atoms with E-state index in [4.69, 9.17) is 7.85 Å². The first kappa shape index (κ1) is 4.66. The lowest BCUT2D eigenvalue weighted by molar-refractivity contribution is 0.691. The van der Waals surface area contributed by atoms with Gasteiger partial charge in [-0.05, 0) is 18.3 Å². The Morgan fingerprint density at radius 1 is 1.25 bits per heavy atom. The van der Waals surface area contributed by atoms with Crippen LogP contribution in [-0.2, 0) is 0 Å². The molecule has 1 fully saturated rings. The van der Waals surface area contributed by atoms with E-state index in [1.807, 2.05) is 0 Å². The van der Waals surface area contributed by atoms with E-state index in [1.165, 1.54) is 12.8 Å². The molecule has 2 aliphatic rings. The van der Waals surface area contributed by atoms with Gasteiger partial charge in [-0.25, -0.2) is 0 Å². The summed E-state index contributed by atoms with van der Waals surface area (Å²) in [6, 6.07) is 0. The Morgan fingerprint density at radius 3 is 2.38 bits per heavy atom. The molecule has 3 atom stereocenters. The normalized spacial score (nSPS) is 50.8. The van der Waals surface area contributed by atoms with Gasteiger partial charge in [0.1, 0.15) is 0 Å². The Balaban J connectivity index is 2.23. The molecule has 8 heavy (non-hydrogen) atoms. The van der Waals surface area contributed by atoms with Crippen LogP contribution in [0.1, 0.15) is 12.8 Å². The highest BCUT2D eigenvalue weighted by molar-refractivity contribution is 6.12. The minimum Gasteiger partial charge on any atom is -0.0856 e. The van der Waals surface area contributed by atoms with Gasteiger partial charge in [-0.1, -0.05) is 24.4 Å². The number of allylic oxidation sites excluding steroid dienone is 2. The fourth-order valence-electron chi connectivity index (χ4n) is 1.82. The topological polar surface area (TPSA) is 0 Å². The van der Waals surface area contributed by atoms with Gasteiger partial charge in [-0.3, -0.25) is 0 Å². The molecule has 0 aliphatic heterocycles. The predicted octanol–water partition coefficient (Wildman–Crippen LogP) is 1.54. The zero-order valence-electron chi connectivity index (χ0n) is 4.88. The molecule has 0 nitrogen and oxygen atoms in total. The highest BCUT2D eigenvalue weighted by atomic mass is 14.3. The van der Waals surface area contributed by atoms with Gasteiger partial charge in [0, 0.05) is 0 Å². The molecular weight excluding hydrogens is 94.9 g/mol. The highest BCUT2D eigenvalue weighted by Crippen LogP contribution is 2.45. The van der Waals surface area contributed by atoms with E-state index in [2.05, 4.69) is 12.2 Å². The molecule has 2 aliphatic carbocycles. The van der Waals surface area contributed by atoms with E-state index in [9.17, 15) is 0 Å². The van der Waals surface area contributed by atoms with E-state index < -0.39 is 0 Å². The van der Waals surface area contributed by atoms with Gasteiger partial charge in [0.2, 0.25) is 0 Å². The summed E-state index contributed by atoms with van der Waals surface area (Å²) in [5.74, 6) is 2.07. The van der Waals surface area contributed by atoms with Gasteiger partial charge in [0.25, 0.3) is 0 Å². The number of hydrogen-bond donors (Lipinski definition) is 0. The van der Waals surface area contributed by atoms with E-state index >= 15 is 0 Å². The second kappa shape index (κ2) is 1.40. The second-order valence-corrected chi connectivity index (χ2v) is 2.94. The van der Waals surface area contributed by atoms with Crippen molar-refractivity contribution in [3.8, 4) is 0 Å². The number of fused-ring (bicyclic) bond motifs is 2. The highest BCUT2D eigenvalue weighted by Gasteiger charge is 2.31. The third-order valence-electron chi connectivity index (χ3n) is 2.33. The summed E-state index contributed by atoms with van der Waals surface area (Å²) in [5.41, 5.74) is 0. The molecule has 40 valence electrons. The van der Waals surface area contributed by atoms with Crippen LogP contribution < -0.4 is 0 Å². The number of hydrogen-bond acceptors (Lipinski definition) is 0. The third kappa shape index (κ3) is 0.475. The fraction of sp³-hybridized carbons (Fsp3) is 0.714. The summed E-state index contributed by atoms with van der Waals surface area (Å²) in [5, 5.41) is 0. The van der Waals surface area contributed by atoms with Gasteiger partial charge in [0.15, 0.2) is 0 Å². The van der Waals surface area contributed by atoms with Crippen LogP contribution in [0.5, 0.6) is 0 Å². The average Bonchev–Trinajstić information content (AvgIpc) is 2.23. The lowest BCUT2D eigenvalue weighted by Crippen LogP contribution is -1.97. The maximum atomic E-state index is 5.77. The SMILES string of the molecule is [B]C1CC2C=CC1C2. The zero-order valence-corrected chi connectivity index (χ0v) is 4.88. The Morgan fingerprint density at radius 2 is 2.12 bits per heavy atom. The molecule has 2 bridgehead atoms. The van der Waals surface area contributed by atoms with Gasteiger partial charge in [0.05, 0.1) is 7.85 Å². The first-order valence-corrected chi connectivity index (χ1v) is 3.30. The molecule has 0 saturated heterocycles. The first-order chi connectivity index (χ1) is 3.86. The van der Waals surface area contributed by atoms with E-state index in [0.717, 1.165) is 11.8 Å². The molecule has 0 aromatic rings. The van der Waals surface area contributed by atoms with Crippen molar-refractivity contribution in [2.24, 2.45) is 11.8 Å². The van der Waals surface area contributed by atoms with Gasteiger partial charge in [-0.15, -0.1) is 0 Å². The molecule has 0 amide bonds. The van der Waals surface area contributed by atoms with Crippen molar-refractivity contribution in [3.05, 3.63) is 12.2 Å². The van der Waals surface area contributed by atoms with Crippen molar-refractivity contribution in [2.75, 3.05) is 0 Å². The average molecular weight is 104 g/mol. The van der Waals surface area contributed by atoms with Crippen LogP contribution in [0.15, 0.2) is 12.2 Å². The summed E-state index contributed by atoms with van der Waals surface area (Å²) >= 11 is 0. The maximum absolute atomic E-state index is 5.77. The van der Waals surface area contributed by atoms with E-state index in [-0.39, 0.29) is 0 Å². The lowest BCUT2D eigenvalue weighted by atomic mass is 9.77. The first-order valence-electron chi connectivity index (χ1n) is 3.30. The minimum atomic E-state index is 0.491. The Labute approximate surface area is 51.4 Å². The molecule has 0 spiro atoms. The molecule has 1 heteroatoms. The quantitative estimate of drug-likeness (QED) is 0.323. The standard InChI is InChI=1S/C7H9B/c8-7-4-5-1-2-6(7)3-5/h1-2,5-7H,3-4H2. The molecule has 0 aromatic carbocycles. The van der Waals surface area contributed by atoms with Gasteiger partial charge < -0.3 is 0 Å². The molecule has 0 aromatic heterocycles. The molecule has 1 saturated carbocycles. The van der Waals surface area contributed by atoms with Crippen molar-refractivity contribution >= 4 is 7.85 Å². The number of rotatable bonds is 0. The van der Waals surface area contributed by atoms with E-state index in [1.54, 1.807) is 0 Å². The summed E-state index contributed by atoms with van der Waals surface area (Å²) in [6.07, 6.45) is 7.16. The summed E-state index contributed by atoms with van der Waals surface area (Å²) < 4.78 is 0. The summed E-state index contributed by atoms with van der Waals surface area (Å²) in [7, 11) is 5.77. The Kier molecular flexibility index (Phi) is 0.815. The molecule has 3 unspecified atom stereocenters. The smallest absolute Gasteiger partial charge is 0.0707 e. The largest absolute Gasteiger partial charge is 0.0856 e. The molecule has 2 radical (unpaired) electrons. The molecule has 0 heterocycles. The van der Waals surface area contributed by atoms with Crippen molar-refractivity contribution in [2.45, 2.75) is 18.7 Å². The second-order valence-electron chi connectivity index (χ2n) is 2.94. The minimum absolute atomic E-state index is 0.491. The zero-order chi connectivity index (χ0) is 5.56. The van der Waals surface area contributed by atoms with Crippen LogP contribution in [0.3, 0.4) is 0 Å². The van der Waals surface area contributed by atoms with Crippen molar-refractivity contribution in [1.82, 2.24) is 0 Å². The maximum Gasteiger partial charge on any atom is 0.0707 e. The van der Waals surface area contributed by atoms with Crippen LogP contribution in [0.2, 0.25) is 5.82 Å². The van der Waals surface area contributed by atoms with Crippen LogP contribution in [0.25, 0.3) is 0 Å². The van der Waals surface area contributed by atoms with E-state index in [0.29, 0.717) is 5.82 Å². The van der Waals surface area contributed by atoms with Crippen LogP contribution in [-0.4, -0.2) is 7.85 Å². The lowest BCUT2D eigenvalue weighted by Gasteiger charge is -2.10. The van der Waals surface area contributed by atoms with Crippen molar-refractivity contribution < 1.29 is 0 Å². The summed E-state index contributed by atoms with van der Waals surface area (Å²) in [6.45, 7) is 0. The van der Waals surface area contributed by atoms with Gasteiger partial charge in [-0.2, -0.15) is 0 Å². The molecule has 2 rings (SSSR count). The molecular formula is C7H9B. The van der Waals surface area contributed by atoms with Crippen LogP contribution in [0.4, 0.5) is 0 Å². The Hall–Kier alpha value is -0.195. The summed E-state index contributed by atoms with van der Waals surface area (Å²) in [4.78, 5) is 0. The third-order valence-corrected chi connectivity index (χ3v) is 2.33. The van der Waals surface area contributed by atoms with Crippen LogP contribution >= 0.6 is 0 Å². The van der Waals surface area contributed by atoms with Gasteiger partial charge >= 0.3 is 0 Å². The fourth-order valence-corrected chi connectivity index (χ4v) is 1.82. The van der Waals surface area contributed by atoms with Crippen LogP contribution in [0, 0.1) is 11.8 Å². The molecule has 0 N–H and O–H groups in total. The van der Waals surface area contributed by atoms with Crippen molar-refractivity contribution in [1.29, 1.82) is 0 Å². The predicted molar refractivity (Wildman–Crippen MR) is 34.9 cm³/mol. The Bertz CT molecular complexity index is 128. The van der Waals surface area contributed by atoms with Crippen molar-refractivity contribution in [3.63, 3.8) is 0 Å².